The fourth-order valence-corrected chi connectivity index (χ4v) is 11.3. The molecule has 4 aromatic carbocycles. The van der Waals surface area contributed by atoms with Crippen LogP contribution in [0, 0.1) is 11.8 Å². The fraction of sp³-hybridized carbons (Fsp3) is 0.372. The molecule has 6 aromatic rings. The summed E-state index contributed by atoms with van der Waals surface area (Å²) in [7, 11) is 0. The van der Waals surface area contributed by atoms with Gasteiger partial charge in [-0.15, -0.1) is 11.8 Å². The van der Waals surface area contributed by atoms with E-state index < -0.39 is 0 Å². The number of hydrogen-bond donors (Lipinski definition) is 0. The van der Waals surface area contributed by atoms with Crippen molar-refractivity contribution in [1.82, 2.24) is 15.0 Å². The minimum Gasteiger partial charge on any atom is -0.456 e. The first-order valence-corrected chi connectivity index (χ1v) is 19.2. The Morgan fingerprint density at radius 2 is 1.21 bits per heavy atom. The molecule has 4 nitrogen and oxygen atoms in total. The fourth-order valence-electron chi connectivity index (χ4n) is 9.70. The van der Waals surface area contributed by atoms with E-state index in [9.17, 15) is 0 Å². The van der Waals surface area contributed by atoms with Crippen LogP contribution in [0.4, 0.5) is 0 Å². The molecule has 10 rings (SSSR count). The Morgan fingerprint density at radius 1 is 0.542 bits per heavy atom. The summed E-state index contributed by atoms with van der Waals surface area (Å²) in [4.78, 5) is 16.6. The zero-order valence-electron chi connectivity index (χ0n) is 27.4. The van der Waals surface area contributed by atoms with Gasteiger partial charge in [-0.3, -0.25) is 0 Å². The Hall–Kier alpha value is -3.96. The van der Waals surface area contributed by atoms with Crippen LogP contribution < -0.4 is 0 Å². The molecule has 0 N–H and O–H groups in total. The van der Waals surface area contributed by atoms with Crippen molar-refractivity contribution in [1.29, 1.82) is 0 Å². The summed E-state index contributed by atoms with van der Waals surface area (Å²) in [5, 5.41) is 3.05. The monoisotopic (exact) mass is 647 g/mol. The Balaban J connectivity index is 1.04. The zero-order valence-corrected chi connectivity index (χ0v) is 28.2. The van der Waals surface area contributed by atoms with Crippen LogP contribution in [0.25, 0.3) is 56.1 Å². The van der Waals surface area contributed by atoms with Crippen LogP contribution in [0.2, 0.25) is 0 Å². The van der Waals surface area contributed by atoms with Crippen LogP contribution >= 0.6 is 11.8 Å². The van der Waals surface area contributed by atoms with Crippen LogP contribution in [0.15, 0.2) is 94.2 Å². The molecule has 5 heteroatoms. The first-order chi connectivity index (χ1) is 23.7. The third-order valence-electron chi connectivity index (χ3n) is 12.1. The van der Waals surface area contributed by atoms with Gasteiger partial charge in [-0.05, 0) is 84.7 Å². The van der Waals surface area contributed by atoms with Gasteiger partial charge in [0.1, 0.15) is 11.2 Å². The number of nitrogens with zero attached hydrogens (tertiary/aromatic N) is 3. The van der Waals surface area contributed by atoms with Crippen molar-refractivity contribution in [2.45, 2.75) is 92.6 Å². The van der Waals surface area contributed by atoms with Crippen LogP contribution in [-0.2, 0) is 0 Å². The van der Waals surface area contributed by atoms with E-state index in [4.69, 9.17) is 19.4 Å². The Labute approximate surface area is 286 Å². The van der Waals surface area contributed by atoms with Gasteiger partial charge in [-0.1, -0.05) is 106 Å². The summed E-state index contributed by atoms with van der Waals surface area (Å²) in [6.07, 6.45) is 15.0. The molecule has 0 radical (unpaired) electrons. The van der Waals surface area contributed by atoms with E-state index in [1.165, 1.54) is 92.0 Å². The van der Waals surface area contributed by atoms with Crippen LogP contribution in [-0.4, -0.2) is 20.2 Å². The average molecular weight is 648 g/mol. The van der Waals surface area contributed by atoms with Crippen molar-refractivity contribution in [3.63, 3.8) is 0 Å². The molecule has 5 atom stereocenters. The standard InChI is InChI=1S/C43H41N3OS/c1-2-10-27(11-3-1)41-44-42(46-43(45-41)30-19-22-36-35-14-6-7-16-39(35)48-40(36)25-30)29-18-21-34-33-20-17-28(23-37(33)47-38(34)24-29)32-15-8-12-26-9-4-5-13-31(26)32/h1-3,10-11,17-26,31-32,35,39H,4-9,12-16H2. The zero-order chi connectivity index (χ0) is 31.6. The van der Waals surface area contributed by atoms with Crippen LogP contribution in [0.1, 0.15) is 93.6 Å². The van der Waals surface area contributed by atoms with Crippen LogP contribution in [0.5, 0.6) is 0 Å². The molecule has 0 amide bonds. The quantitative estimate of drug-likeness (QED) is 0.191. The third kappa shape index (κ3) is 5.00. The molecule has 1 aliphatic heterocycles. The molecule has 3 saturated carbocycles. The summed E-state index contributed by atoms with van der Waals surface area (Å²) < 4.78 is 6.63. The lowest BCUT2D eigenvalue weighted by molar-refractivity contribution is 0.144. The highest BCUT2D eigenvalue weighted by Gasteiger charge is 2.36. The maximum atomic E-state index is 6.63. The molecule has 3 fully saturated rings. The normalized spacial score (nSPS) is 25.1. The Kier molecular flexibility index (Phi) is 7.17. The SMILES string of the molecule is c1ccc(-c2nc(-c3ccc4c(c3)SC3CCCCC43)nc(-c3ccc4c(c3)oc3cc(C5CCCC6CCCCC65)ccc34)n2)cc1. The van der Waals surface area contributed by atoms with Crippen molar-refractivity contribution in [2.24, 2.45) is 11.8 Å². The molecule has 5 unspecified atom stereocenters. The highest BCUT2D eigenvalue weighted by molar-refractivity contribution is 8.00. The predicted molar refractivity (Wildman–Crippen MR) is 196 cm³/mol. The molecule has 3 aliphatic carbocycles. The first kappa shape index (κ1) is 29.0. The van der Waals surface area contributed by atoms with Gasteiger partial charge in [0.05, 0.1) is 0 Å². The number of fused-ring (bicyclic) bond motifs is 7. The molecular weight excluding hydrogens is 607 g/mol. The number of furan rings is 1. The van der Waals surface area contributed by atoms with Gasteiger partial charge in [0.25, 0.3) is 0 Å². The smallest absolute Gasteiger partial charge is 0.164 e. The summed E-state index contributed by atoms with van der Waals surface area (Å²) in [6, 6.07) is 30.7. The molecule has 0 spiro atoms. The van der Waals surface area contributed by atoms with Gasteiger partial charge in [0.2, 0.25) is 0 Å². The van der Waals surface area contributed by atoms with Gasteiger partial charge >= 0.3 is 0 Å². The van der Waals surface area contributed by atoms with Gasteiger partial charge in [0, 0.05) is 37.6 Å². The van der Waals surface area contributed by atoms with Crippen molar-refractivity contribution in [2.75, 3.05) is 0 Å². The molecular formula is C43H41N3OS. The van der Waals surface area contributed by atoms with E-state index in [2.05, 4.69) is 78.5 Å². The predicted octanol–water partition coefficient (Wildman–Crippen LogP) is 12.0. The van der Waals surface area contributed by atoms with Gasteiger partial charge in [0.15, 0.2) is 17.5 Å². The Bertz CT molecular complexity index is 2150. The van der Waals surface area contributed by atoms with E-state index in [1.54, 1.807) is 0 Å². The van der Waals surface area contributed by atoms with Gasteiger partial charge in [-0.2, -0.15) is 0 Å². The number of rotatable bonds is 4. The minimum atomic E-state index is 0.666. The lowest BCUT2D eigenvalue weighted by Crippen LogP contribution is -2.29. The maximum absolute atomic E-state index is 6.63. The van der Waals surface area contributed by atoms with Crippen molar-refractivity contribution in [3.8, 4) is 34.2 Å². The number of aromatic nitrogens is 3. The maximum Gasteiger partial charge on any atom is 0.164 e. The molecule has 0 saturated heterocycles. The largest absolute Gasteiger partial charge is 0.456 e. The third-order valence-corrected chi connectivity index (χ3v) is 13.6. The second-order valence-electron chi connectivity index (χ2n) is 14.8. The molecule has 48 heavy (non-hydrogen) atoms. The summed E-state index contributed by atoms with van der Waals surface area (Å²) in [5.41, 5.74) is 7.87. The van der Waals surface area contributed by atoms with Gasteiger partial charge in [-0.25, -0.2) is 15.0 Å². The first-order valence-electron chi connectivity index (χ1n) is 18.3. The number of hydrogen-bond acceptors (Lipinski definition) is 5. The second kappa shape index (κ2) is 11.9. The van der Waals surface area contributed by atoms with E-state index >= 15 is 0 Å². The summed E-state index contributed by atoms with van der Waals surface area (Å²) in [5.74, 6) is 5.21. The topological polar surface area (TPSA) is 51.8 Å². The van der Waals surface area contributed by atoms with Crippen LogP contribution in [0.3, 0.4) is 0 Å². The molecule has 3 heterocycles. The van der Waals surface area contributed by atoms with Crippen molar-refractivity contribution < 1.29 is 4.42 Å². The highest BCUT2D eigenvalue weighted by Crippen LogP contribution is 2.53. The Morgan fingerprint density at radius 3 is 2.08 bits per heavy atom. The number of thioether (sulfide) groups is 1. The molecule has 4 aliphatic rings. The van der Waals surface area contributed by atoms with E-state index in [1.807, 2.05) is 18.2 Å². The lowest BCUT2D eigenvalue weighted by atomic mass is 9.64. The molecule has 240 valence electrons. The minimum absolute atomic E-state index is 0.666. The van der Waals surface area contributed by atoms with Crippen molar-refractivity contribution >= 4 is 33.7 Å². The van der Waals surface area contributed by atoms with Gasteiger partial charge < -0.3 is 4.42 Å². The van der Waals surface area contributed by atoms with E-state index in [0.717, 1.165) is 56.2 Å². The van der Waals surface area contributed by atoms with E-state index in [0.29, 0.717) is 23.5 Å². The summed E-state index contributed by atoms with van der Waals surface area (Å²) >= 11 is 2.07. The number of benzene rings is 4. The average Bonchev–Trinajstić information content (AvgIpc) is 3.71. The van der Waals surface area contributed by atoms with Crippen molar-refractivity contribution in [3.05, 3.63) is 96.1 Å². The molecule has 0 bridgehead atoms. The lowest BCUT2D eigenvalue weighted by Gasteiger charge is -2.41. The second-order valence-corrected chi connectivity index (χ2v) is 16.1. The summed E-state index contributed by atoms with van der Waals surface area (Å²) in [6.45, 7) is 0. The molecule has 2 aromatic heterocycles. The highest BCUT2D eigenvalue weighted by atomic mass is 32.2. The van der Waals surface area contributed by atoms with E-state index in [-0.39, 0.29) is 0 Å².